The number of benzene rings is 2. The van der Waals surface area contributed by atoms with E-state index in [1.165, 1.54) is 4.90 Å². The Morgan fingerprint density at radius 1 is 0.914 bits per heavy atom. The van der Waals surface area contributed by atoms with Crippen LogP contribution in [0, 0.1) is 11.6 Å². The van der Waals surface area contributed by atoms with E-state index in [2.05, 4.69) is 22.1 Å². The number of halogens is 2. The van der Waals surface area contributed by atoms with Gasteiger partial charge in [-0.15, -0.1) is 0 Å². The van der Waals surface area contributed by atoms with Crippen molar-refractivity contribution in [3.8, 4) is 0 Å². The van der Waals surface area contributed by atoms with Crippen LogP contribution in [-0.4, -0.2) is 64.1 Å². The molecule has 3 heterocycles. The summed E-state index contributed by atoms with van der Waals surface area (Å²) in [5, 5.41) is 4.60. The molecule has 2 aromatic carbocycles. The molecule has 3 aromatic rings. The lowest BCUT2D eigenvalue weighted by Gasteiger charge is -2.36. The quantitative estimate of drug-likeness (QED) is 0.576. The monoisotopic (exact) mass is 479 g/mol. The minimum Gasteiger partial charge on any atom is -0.368 e. The second kappa shape index (κ2) is 9.48. The number of piperazine rings is 1. The van der Waals surface area contributed by atoms with Gasteiger partial charge >= 0.3 is 0 Å². The van der Waals surface area contributed by atoms with Gasteiger partial charge in [0.1, 0.15) is 11.6 Å². The molecule has 182 valence electrons. The first-order valence-electron chi connectivity index (χ1n) is 11.9. The minimum atomic E-state index is -0.765. The van der Waals surface area contributed by atoms with Crippen LogP contribution >= 0.6 is 0 Å². The van der Waals surface area contributed by atoms with Crippen molar-refractivity contribution in [3.05, 3.63) is 82.7 Å². The Labute approximate surface area is 202 Å². The molecule has 35 heavy (non-hydrogen) atoms. The highest BCUT2D eigenvalue weighted by Gasteiger charge is 2.33. The summed E-state index contributed by atoms with van der Waals surface area (Å²) in [6, 6.07) is 13.0. The summed E-state index contributed by atoms with van der Waals surface area (Å²) in [5.74, 6) is -2.19. The molecule has 2 aliphatic heterocycles. The third kappa shape index (κ3) is 4.38. The predicted octanol–water partition coefficient (Wildman–Crippen LogP) is 3.34. The molecule has 0 spiro atoms. The number of carbonyl (C=O) groups is 2. The lowest BCUT2D eigenvalue weighted by Crippen LogP contribution is -2.49. The number of aryl methyl sites for hydroxylation is 1. The van der Waals surface area contributed by atoms with Crippen molar-refractivity contribution in [1.82, 2.24) is 19.6 Å². The zero-order valence-electron chi connectivity index (χ0n) is 19.6. The Hall–Kier alpha value is -3.75. The Bertz CT molecular complexity index is 1250. The number of rotatable bonds is 4. The summed E-state index contributed by atoms with van der Waals surface area (Å²) < 4.78 is 29.7. The highest BCUT2D eigenvalue weighted by Crippen LogP contribution is 2.26. The Balaban J connectivity index is 1.35. The molecule has 7 nitrogen and oxygen atoms in total. The van der Waals surface area contributed by atoms with Crippen LogP contribution in [0.1, 0.15) is 39.0 Å². The average molecular weight is 480 g/mol. The fourth-order valence-corrected chi connectivity index (χ4v) is 4.89. The van der Waals surface area contributed by atoms with E-state index in [0.29, 0.717) is 43.9 Å². The number of para-hydroxylation sites is 1. The maximum Gasteiger partial charge on any atom is 0.274 e. The average Bonchev–Trinajstić information content (AvgIpc) is 3.28. The van der Waals surface area contributed by atoms with Crippen LogP contribution in [0.4, 0.5) is 14.5 Å². The molecule has 1 aromatic heterocycles. The third-order valence-corrected chi connectivity index (χ3v) is 6.77. The van der Waals surface area contributed by atoms with Gasteiger partial charge in [-0.3, -0.25) is 14.3 Å². The maximum absolute atomic E-state index is 14.2. The molecule has 0 atom stereocenters. The molecular weight excluding hydrogens is 452 g/mol. The summed E-state index contributed by atoms with van der Waals surface area (Å²) in [7, 11) is 0. The van der Waals surface area contributed by atoms with E-state index in [1.54, 1.807) is 4.90 Å². The van der Waals surface area contributed by atoms with Gasteiger partial charge in [0.15, 0.2) is 5.69 Å². The molecular formula is C26H27F2N5O2. The van der Waals surface area contributed by atoms with Gasteiger partial charge in [-0.1, -0.05) is 18.2 Å². The molecule has 1 fully saturated rings. The number of hydrogen-bond donors (Lipinski definition) is 0. The van der Waals surface area contributed by atoms with Crippen LogP contribution in [-0.2, 0) is 19.5 Å². The number of nitrogens with zero attached hydrogens (tertiary/aromatic N) is 5. The number of hydrogen-bond acceptors (Lipinski definition) is 4. The lowest BCUT2D eigenvalue weighted by atomic mass is 10.0. The second-order valence-electron chi connectivity index (χ2n) is 8.81. The van der Waals surface area contributed by atoms with Crippen LogP contribution in [0.3, 0.4) is 0 Å². The first kappa shape index (κ1) is 23.0. The van der Waals surface area contributed by atoms with Crippen LogP contribution in [0.2, 0.25) is 0 Å². The molecule has 0 unspecified atom stereocenters. The maximum atomic E-state index is 14.2. The Morgan fingerprint density at radius 2 is 1.66 bits per heavy atom. The van der Waals surface area contributed by atoms with Crippen LogP contribution < -0.4 is 4.90 Å². The van der Waals surface area contributed by atoms with Gasteiger partial charge in [0.25, 0.3) is 11.8 Å². The second-order valence-corrected chi connectivity index (χ2v) is 8.81. The van der Waals surface area contributed by atoms with Crippen molar-refractivity contribution in [2.24, 2.45) is 0 Å². The van der Waals surface area contributed by atoms with Crippen molar-refractivity contribution >= 4 is 17.5 Å². The number of amides is 2. The smallest absolute Gasteiger partial charge is 0.274 e. The molecule has 0 N–H and O–H groups in total. The number of aromatic nitrogens is 2. The fourth-order valence-electron chi connectivity index (χ4n) is 4.89. The zero-order valence-corrected chi connectivity index (χ0v) is 19.6. The largest absolute Gasteiger partial charge is 0.368 e. The standard InChI is InChI=1S/C26H27F2N5O2/c1-2-33-23-10-11-32(25(34)20-16-18(27)8-9-22(20)28)17-21(23)24(29-33)26(35)31-14-12-30(13-15-31)19-6-4-3-5-7-19/h3-9,16H,2,10-15,17H2,1H3. The predicted molar refractivity (Wildman–Crippen MR) is 127 cm³/mol. The van der Waals surface area contributed by atoms with Gasteiger partial charge in [-0.25, -0.2) is 8.78 Å². The van der Waals surface area contributed by atoms with E-state index in [1.807, 2.05) is 29.8 Å². The number of fused-ring (bicyclic) bond motifs is 1. The summed E-state index contributed by atoms with van der Waals surface area (Å²) in [6.45, 7) is 5.61. The van der Waals surface area contributed by atoms with Crippen LogP contribution in [0.15, 0.2) is 48.5 Å². The van der Waals surface area contributed by atoms with Crippen molar-refractivity contribution < 1.29 is 18.4 Å². The van der Waals surface area contributed by atoms with Crippen molar-refractivity contribution in [1.29, 1.82) is 0 Å². The molecule has 0 saturated carbocycles. The summed E-state index contributed by atoms with van der Waals surface area (Å²) >= 11 is 0. The molecule has 1 saturated heterocycles. The van der Waals surface area contributed by atoms with Gasteiger partial charge in [-0.2, -0.15) is 5.10 Å². The van der Waals surface area contributed by atoms with E-state index in [-0.39, 0.29) is 18.0 Å². The molecule has 5 rings (SSSR count). The van der Waals surface area contributed by atoms with E-state index in [0.717, 1.165) is 42.7 Å². The molecule has 2 amide bonds. The molecule has 2 aliphatic rings. The van der Waals surface area contributed by atoms with E-state index in [9.17, 15) is 18.4 Å². The van der Waals surface area contributed by atoms with Crippen LogP contribution in [0.25, 0.3) is 0 Å². The summed E-state index contributed by atoms with van der Waals surface area (Å²) in [4.78, 5) is 32.0. The number of anilines is 1. The van der Waals surface area contributed by atoms with Crippen LogP contribution in [0.5, 0.6) is 0 Å². The highest BCUT2D eigenvalue weighted by atomic mass is 19.1. The SMILES string of the molecule is CCn1nc(C(=O)N2CCN(c3ccccc3)CC2)c2c1CCN(C(=O)c1cc(F)ccc1F)C2. The lowest BCUT2D eigenvalue weighted by molar-refractivity contribution is 0.0706. The third-order valence-electron chi connectivity index (χ3n) is 6.77. The van der Waals surface area contributed by atoms with E-state index < -0.39 is 17.5 Å². The molecule has 0 bridgehead atoms. The number of carbonyl (C=O) groups excluding carboxylic acids is 2. The topological polar surface area (TPSA) is 61.7 Å². The van der Waals surface area contributed by atoms with Gasteiger partial charge in [0.2, 0.25) is 0 Å². The minimum absolute atomic E-state index is 0.134. The Morgan fingerprint density at radius 3 is 2.37 bits per heavy atom. The van der Waals surface area contributed by atoms with Crippen molar-refractivity contribution in [2.45, 2.75) is 26.4 Å². The highest BCUT2D eigenvalue weighted by molar-refractivity contribution is 5.96. The molecule has 0 aliphatic carbocycles. The Kier molecular flexibility index (Phi) is 6.23. The van der Waals surface area contributed by atoms with E-state index >= 15 is 0 Å². The van der Waals surface area contributed by atoms with Gasteiger partial charge in [0, 0.05) is 62.6 Å². The van der Waals surface area contributed by atoms with Gasteiger partial charge in [0.05, 0.1) is 12.1 Å². The zero-order chi connectivity index (χ0) is 24.5. The van der Waals surface area contributed by atoms with E-state index in [4.69, 9.17) is 0 Å². The molecule has 0 radical (unpaired) electrons. The van der Waals surface area contributed by atoms with Crippen molar-refractivity contribution in [3.63, 3.8) is 0 Å². The normalized spacial score (nSPS) is 15.8. The van der Waals surface area contributed by atoms with Gasteiger partial charge < -0.3 is 14.7 Å². The fraction of sp³-hybridized carbons (Fsp3) is 0.346. The summed E-state index contributed by atoms with van der Waals surface area (Å²) in [6.07, 6.45) is 0.494. The van der Waals surface area contributed by atoms with Crippen molar-refractivity contribution in [2.75, 3.05) is 37.6 Å². The first-order valence-corrected chi connectivity index (χ1v) is 11.9. The first-order chi connectivity index (χ1) is 17.0. The molecule has 9 heteroatoms. The summed E-state index contributed by atoms with van der Waals surface area (Å²) in [5.41, 5.74) is 2.78. The van der Waals surface area contributed by atoms with Gasteiger partial charge in [-0.05, 0) is 37.3 Å².